The Morgan fingerprint density at radius 2 is 1.72 bits per heavy atom. The van der Waals surface area contributed by atoms with Gasteiger partial charge in [-0.25, -0.2) is 14.8 Å². The number of anilines is 2. The molecule has 0 spiro atoms. The van der Waals surface area contributed by atoms with E-state index in [0.717, 1.165) is 11.4 Å². The molecule has 4 unspecified atom stereocenters. The van der Waals surface area contributed by atoms with Gasteiger partial charge in [-0.05, 0) is 18.2 Å². The molecule has 1 aromatic carbocycles. The third-order valence-corrected chi connectivity index (χ3v) is 5.14. The smallest absolute Gasteiger partial charge is 0.319 e. The monoisotopic (exact) mass is 397 g/mol. The molecule has 4 rings (SSSR count). The third-order valence-electron chi connectivity index (χ3n) is 5.14. The van der Waals surface area contributed by atoms with E-state index >= 15 is 0 Å². The van der Waals surface area contributed by atoms with Crippen LogP contribution in [0.1, 0.15) is 26.5 Å². The van der Waals surface area contributed by atoms with Gasteiger partial charge in [-0.3, -0.25) is 0 Å². The van der Waals surface area contributed by atoms with Gasteiger partial charge in [0, 0.05) is 17.3 Å². The molecule has 8 heteroatoms. The average Bonchev–Trinajstić information content (AvgIpc) is 3.26. The number of benzene rings is 1. The van der Waals surface area contributed by atoms with Gasteiger partial charge in [0.05, 0.1) is 31.0 Å². The number of urea groups is 1. The van der Waals surface area contributed by atoms with E-state index in [-0.39, 0.29) is 35.7 Å². The second-order valence-electron chi connectivity index (χ2n) is 8.43. The number of para-hydroxylation sites is 1. The number of nitrogens with one attached hydrogen (secondary N) is 3. The Labute approximate surface area is 170 Å². The van der Waals surface area contributed by atoms with Crippen LogP contribution in [0.5, 0.6) is 0 Å². The quantitative estimate of drug-likeness (QED) is 0.734. The van der Waals surface area contributed by atoms with E-state index in [0.29, 0.717) is 19.2 Å². The number of ether oxygens (including phenoxy) is 2. The summed E-state index contributed by atoms with van der Waals surface area (Å²) in [6, 6.07) is 10.7. The van der Waals surface area contributed by atoms with Crippen LogP contribution in [0.3, 0.4) is 0 Å². The zero-order valence-corrected chi connectivity index (χ0v) is 16.9. The second-order valence-corrected chi connectivity index (χ2v) is 8.43. The van der Waals surface area contributed by atoms with Crippen LogP contribution in [0, 0.1) is 0 Å². The zero-order valence-electron chi connectivity index (χ0n) is 16.9. The number of amides is 2. The Morgan fingerprint density at radius 3 is 2.45 bits per heavy atom. The first-order chi connectivity index (χ1) is 13.9. The minimum absolute atomic E-state index is 0.0565. The molecule has 0 radical (unpaired) electrons. The summed E-state index contributed by atoms with van der Waals surface area (Å²) in [6.07, 6.45) is 1.38. The molecule has 2 amide bonds. The summed E-state index contributed by atoms with van der Waals surface area (Å²) in [6.45, 7) is 7.22. The summed E-state index contributed by atoms with van der Waals surface area (Å²) in [5, 5.41) is 9.11. The van der Waals surface area contributed by atoms with E-state index in [4.69, 9.17) is 9.47 Å². The largest absolute Gasteiger partial charge is 0.371 e. The highest BCUT2D eigenvalue weighted by Crippen LogP contribution is 2.29. The predicted octanol–water partition coefficient (Wildman–Crippen LogP) is 2.54. The van der Waals surface area contributed by atoms with Gasteiger partial charge in [0.15, 0.2) is 0 Å². The molecule has 3 N–H and O–H groups in total. The number of carbonyl (C=O) groups excluding carboxylic acids is 1. The van der Waals surface area contributed by atoms with Gasteiger partial charge in [0.2, 0.25) is 5.95 Å². The van der Waals surface area contributed by atoms with Crippen LogP contribution < -0.4 is 16.0 Å². The highest BCUT2D eigenvalue weighted by Gasteiger charge is 2.48. The van der Waals surface area contributed by atoms with E-state index in [1.807, 2.05) is 36.4 Å². The molecule has 2 saturated heterocycles. The minimum Gasteiger partial charge on any atom is -0.371 e. The van der Waals surface area contributed by atoms with Gasteiger partial charge in [0.1, 0.15) is 12.2 Å². The molecule has 2 aliphatic rings. The van der Waals surface area contributed by atoms with E-state index in [1.54, 1.807) is 6.20 Å². The van der Waals surface area contributed by atoms with Crippen LogP contribution in [-0.2, 0) is 14.9 Å². The van der Waals surface area contributed by atoms with Gasteiger partial charge in [-0.15, -0.1) is 0 Å². The van der Waals surface area contributed by atoms with Crippen LogP contribution in [0.2, 0.25) is 0 Å². The Balaban J connectivity index is 1.35. The standard InChI is InChI=1S/C21H27N5O3/c1-21(2,3)16-9-10-22-19(26-16)24-14-11-28-18-15(12-29-17(14)18)25-20(27)23-13-7-5-4-6-8-13/h4-10,14-15,17-18H,11-12H2,1-3H3,(H,22,24,26)(H2,23,25,27). The maximum atomic E-state index is 12.3. The van der Waals surface area contributed by atoms with E-state index in [1.165, 1.54) is 0 Å². The first-order valence-corrected chi connectivity index (χ1v) is 9.86. The first-order valence-electron chi connectivity index (χ1n) is 9.86. The van der Waals surface area contributed by atoms with Crippen LogP contribution in [-0.4, -0.2) is 53.5 Å². The average molecular weight is 397 g/mol. The van der Waals surface area contributed by atoms with E-state index < -0.39 is 0 Å². The van der Waals surface area contributed by atoms with Gasteiger partial charge in [0.25, 0.3) is 0 Å². The molecule has 2 aromatic rings. The van der Waals surface area contributed by atoms with Crippen molar-refractivity contribution < 1.29 is 14.3 Å². The number of carbonyl (C=O) groups is 1. The lowest BCUT2D eigenvalue weighted by atomic mass is 9.92. The molecule has 0 bridgehead atoms. The van der Waals surface area contributed by atoms with Crippen LogP contribution in [0.4, 0.5) is 16.4 Å². The van der Waals surface area contributed by atoms with Crippen molar-refractivity contribution in [2.24, 2.45) is 0 Å². The van der Waals surface area contributed by atoms with Crippen molar-refractivity contribution in [1.82, 2.24) is 15.3 Å². The molecule has 29 heavy (non-hydrogen) atoms. The number of hydrogen-bond donors (Lipinski definition) is 3. The van der Waals surface area contributed by atoms with E-state index in [9.17, 15) is 4.79 Å². The van der Waals surface area contributed by atoms with Crippen LogP contribution >= 0.6 is 0 Å². The fourth-order valence-electron chi connectivity index (χ4n) is 3.62. The third kappa shape index (κ3) is 4.49. The minimum atomic E-state index is -0.272. The molecule has 2 aliphatic heterocycles. The van der Waals surface area contributed by atoms with Crippen molar-refractivity contribution in [1.29, 1.82) is 0 Å². The van der Waals surface area contributed by atoms with E-state index in [2.05, 4.69) is 46.7 Å². The van der Waals surface area contributed by atoms with Crippen molar-refractivity contribution >= 4 is 17.7 Å². The SMILES string of the molecule is CC(C)(C)c1ccnc(NC2COC3C(NC(=O)Nc4ccccc4)COC23)n1. The van der Waals surface area contributed by atoms with Gasteiger partial charge >= 0.3 is 6.03 Å². The van der Waals surface area contributed by atoms with Gasteiger partial charge in [-0.2, -0.15) is 0 Å². The van der Waals surface area contributed by atoms with Crippen molar-refractivity contribution in [3.05, 3.63) is 48.3 Å². The molecule has 0 aliphatic carbocycles. The second kappa shape index (κ2) is 7.96. The topological polar surface area (TPSA) is 97.4 Å². The Kier molecular flexibility index (Phi) is 5.38. The molecular formula is C21H27N5O3. The van der Waals surface area contributed by atoms with Crippen LogP contribution in [0.25, 0.3) is 0 Å². The van der Waals surface area contributed by atoms with Gasteiger partial charge < -0.3 is 25.4 Å². The summed E-state index contributed by atoms with van der Waals surface area (Å²) in [5.41, 5.74) is 1.65. The maximum Gasteiger partial charge on any atom is 0.319 e. The molecule has 1 aromatic heterocycles. The number of hydrogen-bond acceptors (Lipinski definition) is 6. The number of rotatable bonds is 4. The Hall–Kier alpha value is -2.71. The van der Waals surface area contributed by atoms with Crippen molar-refractivity contribution in [2.45, 2.75) is 50.5 Å². The fraction of sp³-hybridized carbons (Fsp3) is 0.476. The summed E-state index contributed by atoms with van der Waals surface area (Å²) >= 11 is 0. The summed E-state index contributed by atoms with van der Waals surface area (Å²) in [4.78, 5) is 21.2. The highest BCUT2D eigenvalue weighted by atomic mass is 16.6. The number of aromatic nitrogens is 2. The lowest BCUT2D eigenvalue weighted by molar-refractivity contribution is 0.0683. The van der Waals surface area contributed by atoms with Crippen molar-refractivity contribution in [3.63, 3.8) is 0 Å². The number of fused-ring (bicyclic) bond motifs is 1. The van der Waals surface area contributed by atoms with Crippen molar-refractivity contribution in [2.75, 3.05) is 23.8 Å². The molecule has 8 nitrogen and oxygen atoms in total. The lowest BCUT2D eigenvalue weighted by Crippen LogP contribution is -2.46. The predicted molar refractivity (Wildman–Crippen MR) is 110 cm³/mol. The zero-order chi connectivity index (χ0) is 20.4. The van der Waals surface area contributed by atoms with Crippen molar-refractivity contribution in [3.8, 4) is 0 Å². The number of nitrogens with zero attached hydrogens (tertiary/aromatic N) is 2. The molecule has 154 valence electrons. The molecule has 0 saturated carbocycles. The summed E-state index contributed by atoms with van der Waals surface area (Å²) in [7, 11) is 0. The highest BCUT2D eigenvalue weighted by molar-refractivity contribution is 5.89. The normalized spacial score (nSPS) is 26.0. The first kappa shape index (κ1) is 19.6. The fourth-order valence-corrected chi connectivity index (χ4v) is 3.62. The molecule has 2 fully saturated rings. The molecular weight excluding hydrogens is 370 g/mol. The Morgan fingerprint density at radius 1 is 1.03 bits per heavy atom. The molecule has 4 atom stereocenters. The molecule has 3 heterocycles. The van der Waals surface area contributed by atoms with Crippen LogP contribution in [0.15, 0.2) is 42.6 Å². The maximum absolute atomic E-state index is 12.3. The summed E-state index contributed by atoms with van der Waals surface area (Å²) < 4.78 is 11.9. The van der Waals surface area contributed by atoms with Gasteiger partial charge in [-0.1, -0.05) is 39.0 Å². The summed E-state index contributed by atoms with van der Waals surface area (Å²) in [5.74, 6) is 0.563. The lowest BCUT2D eigenvalue weighted by Gasteiger charge is -2.21. The Bertz CT molecular complexity index is 855.